The summed E-state index contributed by atoms with van der Waals surface area (Å²) in [5.41, 5.74) is 0. The molecule has 0 fully saturated rings. The largest absolute Gasteiger partial charge is 0.482 e. The third-order valence-corrected chi connectivity index (χ3v) is 3.93. The Hall–Kier alpha value is -0.920. The van der Waals surface area contributed by atoms with Crippen LogP contribution in [0.25, 0.3) is 0 Å². The zero-order chi connectivity index (χ0) is 15.8. The SMILES string of the molecule is CSCC[C@H](NC(=O)COc1ccc(Br)cc1Cl)C(=O)O. The average Bonchev–Trinajstić information content (AvgIpc) is 2.42. The van der Waals surface area contributed by atoms with Crippen LogP contribution in [0, 0.1) is 0 Å². The molecule has 0 saturated heterocycles. The van der Waals surface area contributed by atoms with Crippen molar-refractivity contribution < 1.29 is 19.4 Å². The number of hydrogen-bond donors (Lipinski definition) is 2. The van der Waals surface area contributed by atoms with E-state index in [-0.39, 0.29) is 6.61 Å². The number of halogens is 2. The van der Waals surface area contributed by atoms with Gasteiger partial charge in [-0.3, -0.25) is 4.79 Å². The molecule has 0 aliphatic heterocycles. The van der Waals surface area contributed by atoms with Crippen LogP contribution in [0.1, 0.15) is 6.42 Å². The van der Waals surface area contributed by atoms with Crippen LogP contribution in [-0.4, -0.2) is 41.6 Å². The first-order valence-corrected chi connectivity index (χ1v) is 8.59. The maximum atomic E-state index is 11.7. The minimum absolute atomic E-state index is 0.287. The molecule has 1 atom stereocenters. The summed E-state index contributed by atoms with van der Waals surface area (Å²) in [7, 11) is 0. The van der Waals surface area contributed by atoms with Gasteiger partial charge in [-0.25, -0.2) is 4.79 Å². The minimum atomic E-state index is -1.06. The van der Waals surface area contributed by atoms with E-state index in [1.165, 1.54) is 11.8 Å². The van der Waals surface area contributed by atoms with Gasteiger partial charge in [-0.05, 0) is 36.6 Å². The van der Waals surface area contributed by atoms with Gasteiger partial charge in [0.1, 0.15) is 11.8 Å². The standard InChI is InChI=1S/C13H15BrClNO4S/c1-21-5-4-10(13(18)19)16-12(17)7-20-11-3-2-8(14)6-9(11)15/h2-3,6,10H,4-5,7H2,1H3,(H,16,17)(H,18,19)/t10-/m0/s1. The molecule has 0 spiro atoms. The number of benzene rings is 1. The predicted octanol–water partition coefficient (Wildman–Crippen LogP) is 2.80. The number of amides is 1. The molecule has 8 heteroatoms. The molecule has 0 radical (unpaired) electrons. The molecule has 1 amide bonds. The molecule has 0 heterocycles. The number of aliphatic carboxylic acids is 1. The van der Waals surface area contributed by atoms with Crippen molar-refractivity contribution in [3.8, 4) is 5.75 Å². The highest BCUT2D eigenvalue weighted by Crippen LogP contribution is 2.27. The van der Waals surface area contributed by atoms with Gasteiger partial charge in [0.2, 0.25) is 0 Å². The van der Waals surface area contributed by atoms with Crippen molar-refractivity contribution in [1.82, 2.24) is 5.32 Å². The molecule has 5 nitrogen and oxygen atoms in total. The molecule has 21 heavy (non-hydrogen) atoms. The van der Waals surface area contributed by atoms with E-state index in [9.17, 15) is 9.59 Å². The number of carboxylic acid groups (broad SMARTS) is 1. The molecule has 2 N–H and O–H groups in total. The van der Waals surface area contributed by atoms with Crippen LogP contribution >= 0.6 is 39.3 Å². The lowest BCUT2D eigenvalue weighted by Gasteiger charge is -2.14. The molecule has 0 saturated carbocycles. The molecular weight excluding hydrogens is 382 g/mol. The number of rotatable bonds is 8. The van der Waals surface area contributed by atoms with E-state index in [1.54, 1.807) is 18.2 Å². The summed E-state index contributed by atoms with van der Waals surface area (Å²) in [6, 6.07) is 4.10. The van der Waals surface area contributed by atoms with Gasteiger partial charge in [0.05, 0.1) is 5.02 Å². The molecule has 0 bridgehead atoms. The van der Waals surface area contributed by atoms with Crippen LogP contribution in [0.5, 0.6) is 5.75 Å². The number of ether oxygens (including phenoxy) is 1. The van der Waals surface area contributed by atoms with E-state index in [0.717, 1.165) is 4.47 Å². The molecule has 1 aromatic rings. The zero-order valence-corrected chi connectivity index (χ0v) is 14.4. The Bertz CT molecular complexity index is 515. The monoisotopic (exact) mass is 395 g/mol. The fourth-order valence-corrected chi connectivity index (χ4v) is 2.66. The number of carbonyl (C=O) groups excluding carboxylic acids is 1. The highest BCUT2D eigenvalue weighted by molar-refractivity contribution is 9.10. The lowest BCUT2D eigenvalue weighted by atomic mass is 10.2. The smallest absolute Gasteiger partial charge is 0.326 e. The third kappa shape index (κ3) is 6.58. The molecule has 116 valence electrons. The van der Waals surface area contributed by atoms with E-state index in [4.69, 9.17) is 21.4 Å². The Balaban J connectivity index is 2.50. The first-order chi connectivity index (χ1) is 9.93. The Morgan fingerprint density at radius 3 is 2.81 bits per heavy atom. The summed E-state index contributed by atoms with van der Waals surface area (Å²) in [6.07, 6.45) is 2.24. The summed E-state index contributed by atoms with van der Waals surface area (Å²) < 4.78 is 6.07. The number of carboxylic acids is 1. The highest BCUT2D eigenvalue weighted by atomic mass is 79.9. The van der Waals surface area contributed by atoms with Crippen LogP contribution in [-0.2, 0) is 9.59 Å². The predicted molar refractivity (Wildman–Crippen MR) is 87.2 cm³/mol. The lowest BCUT2D eigenvalue weighted by Crippen LogP contribution is -2.43. The fourth-order valence-electron chi connectivity index (χ4n) is 1.46. The van der Waals surface area contributed by atoms with Crippen molar-refractivity contribution in [2.45, 2.75) is 12.5 Å². The van der Waals surface area contributed by atoms with Crippen LogP contribution in [0.3, 0.4) is 0 Å². The summed E-state index contributed by atoms with van der Waals surface area (Å²) in [4.78, 5) is 22.7. The molecule has 1 aromatic carbocycles. The summed E-state index contributed by atoms with van der Waals surface area (Å²) in [5.74, 6) is -0.538. The van der Waals surface area contributed by atoms with Gasteiger partial charge in [-0.2, -0.15) is 11.8 Å². The van der Waals surface area contributed by atoms with Crippen molar-refractivity contribution >= 4 is 51.2 Å². The van der Waals surface area contributed by atoms with Crippen molar-refractivity contribution in [1.29, 1.82) is 0 Å². The zero-order valence-electron chi connectivity index (χ0n) is 11.3. The van der Waals surface area contributed by atoms with E-state index in [1.807, 2.05) is 6.26 Å². The Labute approximate surface area is 140 Å². The maximum absolute atomic E-state index is 11.7. The third-order valence-electron chi connectivity index (χ3n) is 2.50. The topological polar surface area (TPSA) is 75.6 Å². The summed E-state index contributed by atoms with van der Waals surface area (Å²) in [5, 5.41) is 11.8. The van der Waals surface area contributed by atoms with Gasteiger partial charge < -0.3 is 15.2 Å². The Kier molecular flexibility index (Phi) is 7.92. The molecule has 0 aliphatic rings. The quantitative estimate of drug-likeness (QED) is 0.707. The van der Waals surface area contributed by atoms with E-state index >= 15 is 0 Å². The van der Waals surface area contributed by atoms with E-state index in [2.05, 4.69) is 21.2 Å². The lowest BCUT2D eigenvalue weighted by molar-refractivity contribution is -0.142. The maximum Gasteiger partial charge on any atom is 0.326 e. The molecule has 0 aromatic heterocycles. The van der Waals surface area contributed by atoms with Gasteiger partial charge in [0.25, 0.3) is 5.91 Å². The Morgan fingerprint density at radius 2 is 2.24 bits per heavy atom. The number of hydrogen-bond acceptors (Lipinski definition) is 4. The van der Waals surface area contributed by atoms with Gasteiger partial charge in [0, 0.05) is 4.47 Å². The van der Waals surface area contributed by atoms with Crippen LogP contribution in [0.4, 0.5) is 0 Å². The second kappa shape index (κ2) is 9.17. The molecule has 0 unspecified atom stereocenters. The molecular formula is C13H15BrClNO4S. The van der Waals surface area contributed by atoms with Crippen molar-refractivity contribution in [2.24, 2.45) is 0 Å². The summed E-state index contributed by atoms with van der Waals surface area (Å²) in [6.45, 7) is -0.287. The second-order valence-electron chi connectivity index (χ2n) is 4.10. The molecule has 0 aliphatic carbocycles. The normalized spacial score (nSPS) is 11.8. The second-order valence-corrected chi connectivity index (χ2v) is 6.41. The van der Waals surface area contributed by atoms with Crippen molar-refractivity contribution in [2.75, 3.05) is 18.6 Å². The first-order valence-electron chi connectivity index (χ1n) is 6.03. The van der Waals surface area contributed by atoms with Crippen LogP contribution in [0.15, 0.2) is 22.7 Å². The van der Waals surface area contributed by atoms with Crippen LogP contribution < -0.4 is 10.1 Å². The first kappa shape index (κ1) is 18.1. The van der Waals surface area contributed by atoms with E-state index < -0.39 is 17.9 Å². The number of thioether (sulfide) groups is 1. The highest BCUT2D eigenvalue weighted by Gasteiger charge is 2.19. The van der Waals surface area contributed by atoms with Gasteiger partial charge in [-0.15, -0.1) is 0 Å². The van der Waals surface area contributed by atoms with Gasteiger partial charge in [-0.1, -0.05) is 27.5 Å². The number of carbonyl (C=O) groups is 2. The minimum Gasteiger partial charge on any atom is -0.482 e. The van der Waals surface area contributed by atoms with Gasteiger partial charge >= 0.3 is 5.97 Å². The van der Waals surface area contributed by atoms with Crippen molar-refractivity contribution in [3.63, 3.8) is 0 Å². The fraction of sp³-hybridized carbons (Fsp3) is 0.385. The van der Waals surface area contributed by atoms with Crippen molar-refractivity contribution in [3.05, 3.63) is 27.7 Å². The molecule has 1 rings (SSSR count). The average molecular weight is 397 g/mol. The van der Waals surface area contributed by atoms with E-state index in [0.29, 0.717) is 22.9 Å². The van der Waals surface area contributed by atoms with Crippen LogP contribution in [0.2, 0.25) is 5.02 Å². The summed E-state index contributed by atoms with van der Waals surface area (Å²) >= 11 is 10.7. The van der Waals surface area contributed by atoms with Gasteiger partial charge in [0.15, 0.2) is 6.61 Å². The number of nitrogens with one attached hydrogen (secondary N) is 1. The Morgan fingerprint density at radius 1 is 1.52 bits per heavy atom.